The third-order valence-electron chi connectivity index (χ3n) is 2.63. The van der Waals surface area contributed by atoms with Crippen molar-refractivity contribution in [1.29, 1.82) is 0 Å². The summed E-state index contributed by atoms with van der Waals surface area (Å²) in [5, 5.41) is 10.8. The molecule has 7 nitrogen and oxygen atoms in total. The number of H-pyrrole nitrogens is 1. The average molecular weight is 297 g/mol. The van der Waals surface area contributed by atoms with Gasteiger partial charge in [0, 0.05) is 18.3 Å². The van der Waals surface area contributed by atoms with Crippen LogP contribution in [0.2, 0.25) is 5.02 Å². The number of esters is 1. The lowest BCUT2D eigenvalue weighted by Crippen LogP contribution is -2.18. The molecule has 104 valence electrons. The van der Waals surface area contributed by atoms with E-state index in [-0.39, 0.29) is 33.8 Å². The number of pyridine rings is 1. The molecule has 8 heteroatoms. The van der Waals surface area contributed by atoms with E-state index in [4.69, 9.17) is 16.3 Å². The van der Waals surface area contributed by atoms with Crippen LogP contribution >= 0.6 is 11.6 Å². The summed E-state index contributed by atoms with van der Waals surface area (Å²) in [6, 6.07) is 2.20. The van der Waals surface area contributed by atoms with E-state index in [1.807, 2.05) is 0 Å². The highest BCUT2D eigenvalue weighted by atomic mass is 35.5. The molecule has 0 saturated carbocycles. The van der Waals surface area contributed by atoms with Gasteiger partial charge in [0.25, 0.3) is 5.69 Å². The van der Waals surface area contributed by atoms with Gasteiger partial charge in [0.2, 0.25) is 5.43 Å². The number of fused-ring (bicyclic) bond motifs is 1. The summed E-state index contributed by atoms with van der Waals surface area (Å²) in [4.78, 5) is 36.6. The highest BCUT2D eigenvalue weighted by Crippen LogP contribution is 2.25. The van der Waals surface area contributed by atoms with Crippen LogP contribution in [0.25, 0.3) is 10.9 Å². The van der Waals surface area contributed by atoms with E-state index in [0.29, 0.717) is 0 Å². The number of non-ortho nitro benzene ring substituents is 1. The van der Waals surface area contributed by atoms with Gasteiger partial charge in [-0.1, -0.05) is 11.6 Å². The molecule has 0 amide bonds. The number of nitro groups is 1. The first-order chi connectivity index (χ1) is 9.45. The second-order valence-corrected chi connectivity index (χ2v) is 4.27. The Morgan fingerprint density at radius 1 is 1.50 bits per heavy atom. The lowest BCUT2D eigenvalue weighted by Gasteiger charge is -2.04. The number of benzene rings is 1. The van der Waals surface area contributed by atoms with Crippen molar-refractivity contribution in [2.75, 3.05) is 6.61 Å². The third-order valence-corrected chi connectivity index (χ3v) is 2.93. The van der Waals surface area contributed by atoms with Crippen LogP contribution in [0.1, 0.15) is 17.3 Å². The quantitative estimate of drug-likeness (QED) is 0.531. The molecule has 0 atom stereocenters. The van der Waals surface area contributed by atoms with Crippen molar-refractivity contribution < 1.29 is 14.5 Å². The first-order valence-corrected chi connectivity index (χ1v) is 6.00. The van der Waals surface area contributed by atoms with Gasteiger partial charge in [-0.05, 0) is 6.92 Å². The number of carbonyl (C=O) groups excluding carboxylic acids is 1. The summed E-state index contributed by atoms with van der Waals surface area (Å²) in [6.07, 6.45) is 1.18. The van der Waals surface area contributed by atoms with Crippen LogP contribution < -0.4 is 5.43 Å². The molecule has 1 aromatic heterocycles. The number of carbonyl (C=O) groups is 1. The summed E-state index contributed by atoms with van der Waals surface area (Å²) in [5.74, 6) is -0.793. The molecular formula is C12H9ClN2O5. The third kappa shape index (κ3) is 2.35. The summed E-state index contributed by atoms with van der Waals surface area (Å²) in [6.45, 7) is 1.72. The number of hydrogen-bond donors (Lipinski definition) is 1. The predicted octanol–water partition coefficient (Wildman–Crippen LogP) is 2.27. The number of ether oxygens (including phenoxy) is 1. The lowest BCUT2D eigenvalue weighted by molar-refractivity contribution is -0.384. The smallest absolute Gasteiger partial charge is 0.343 e. The van der Waals surface area contributed by atoms with E-state index in [1.165, 1.54) is 6.20 Å². The van der Waals surface area contributed by atoms with E-state index in [2.05, 4.69) is 4.98 Å². The van der Waals surface area contributed by atoms with E-state index in [0.717, 1.165) is 12.1 Å². The maximum Gasteiger partial charge on any atom is 0.343 e. The van der Waals surface area contributed by atoms with E-state index in [1.54, 1.807) is 6.92 Å². The number of nitrogens with one attached hydrogen (secondary N) is 1. The fraction of sp³-hybridized carbons (Fsp3) is 0.167. The van der Waals surface area contributed by atoms with Crippen molar-refractivity contribution in [2.24, 2.45) is 0 Å². The van der Waals surface area contributed by atoms with Gasteiger partial charge in [-0.2, -0.15) is 0 Å². The monoisotopic (exact) mass is 296 g/mol. The maximum absolute atomic E-state index is 12.2. The molecule has 20 heavy (non-hydrogen) atoms. The van der Waals surface area contributed by atoms with E-state index >= 15 is 0 Å². The van der Waals surface area contributed by atoms with Crippen LogP contribution in [0.3, 0.4) is 0 Å². The Labute approximate surface area is 117 Å². The Morgan fingerprint density at radius 2 is 2.20 bits per heavy atom. The highest BCUT2D eigenvalue weighted by molar-refractivity contribution is 6.35. The molecule has 0 radical (unpaired) electrons. The second kappa shape index (κ2) is 5.30. The minimum atomic E-state index is -0.793. The summed E-state index contributed by atoms with van der Waals surface area (Å²) >= 11 is 5.88. The van der Waals surface area contributed by atoms with Crippen molar-refractivity contribution in [3.05, 3.63) is 49.3 Å². The molecule has 2 rings (SSSR count). The average Bonchev–Trinajstić information content (AvgIpc) is 2.39. The van der Waals surface area contributed by atoms with Crippen molar-refractivity contribution in [2.45, 2.75) is 6.92 Å². The molecule has 0 aliphatic carbocycles. The molecule has 0 bridgehead atoms. The van der Waals surface area contributed by atoms with Crippen LogP contribution in [0.15, 0.2) is 23.1 Å². The van der Waals surface area contributed by atoms with Crippen LogP contribution in [-0.2, 0) is 4.74 Å². The van der Waals surface area contributed by atoms with Gasteiger partial charge in [0.1, 0.15) is 5.56 Å². The number of aromatic nitrogens is 1. The van der Waals surface area contributed by atoms with Gasteiger partial charge in [-0.25, -0.2) is 4.79 Å². The molecule has 1 heterocycles. The van der Waals surface area contributed by atoms with Gasteiger partial charge >= 0.3 is 5.97 Å². The van der Waals surface area contributed by atoms with E-state index < -0.39 is 16.3 Å². The number of aromatic amines is 1. The molecule has 0 saturated heterocycles. The van der Waals surface area contributed by atoms with E-state index in [9.17, 15) is 19.7 Å². The Kier molecular flexibility index (Phi) is 3.71. The van der Waals surface area contributed by atoms with Gasteiger partial charge in [0.15, 0.2) is 0 Å². The fourth-order valence-electron chi connectivity index (χ4n) is 1.74. The topological polar surface area (TPSA) is 102 Å². The Bertz CT molecular complexity index is 768. The fourth-order valence-corrected chi connectivity index (χ4v) is 2.01. The standard InChI is InChI=1S/C12H9ClN2O5/c1-2-20-12(17)8-5-14-10-7(11(8)16)3-6(15(18)19)4-9(10)13/h3-5H,2H2,1H3,(H,14,16). The summed E-state index contributed by atoms with van der Waals surface area (Å²) in [5.41, 5.74) is -0.983. The number of nitro benzene ring substituents is 1. The molecule has 1 aromatic carbocycles. The predicted molar refractivity (Wildman–Crippen MR) is 72.2 cm³/mol. The van der Waals surface area contributed by atoms with Crippen molar-refractivity contribution in [3.63, 3.8) is 0 Å². The number of halogens is 1. The van der Waals surface area contributed by atoms with Crippen LogP contribution in [0, 0.1) is 10.1 Å². The summed E-state index contributed by atoms with van der Waals surface area (Å²) in [7, 11) is 0. The normalized spacial score (nSPS) is 10.5. The van der Waals surface area contributed by atoms with Gasteiger partial charge < -0.3 is 9.72 Å². The van der Waals surface area contributed by atoms with Crippen LogP contribution in [-0.4, -0.2) is 22.5 Å². The van der Waals surface area contributed by atoms with Crippen LogP contribution in [0.5, 0.6) is 0 Å². The molecule has 0 spiro atoms. The zero-order chi connectivity index (χ0) is 14.9. The highest BCUT2D eigenvalue weighted by Gasteiger charge is 2.18. The molecule has 1 N–H and O–H groups in total. The zero-order valence-corrected chi connectivity index (χ0v) is 11.1. The van der Waals surface area contributed by atoms with Crippen molar-refractivity contribution >= 4 is 34.2 Å². The zero-order valence-electron chi connectivity index (χ0n) is 10.3. The Hall–Kier alpha value is -2.41. The molecule has 2 aromatic rings. The van der Waals surface area contributed by atoms with Crippen molar-refractivity contribution in [1.82, 2.24) is 4.98 Å². The van der Waals surface area contributed by atoms with Crippen LogP contribution in [0.4, 0.5) is 5.69 Å². The molecule has 0 fully saturated rings. The molecule has 0 aliphatic rings. The minimum Gasteiger partial charge on any atom is -0.462 e. The first kappa shape index (κ1) is 14.0. The Morgan fingerprint density at radius 3 is 2.80 bits per heavy atom. The molecular weight excluding hydrogens is 288 g/mol. The lowest BCUT2D eigenvalue weighted by atomic mass is 10.1. The van der Waals surface area contributed by atoms with Gasteiger partial charge in [0.05, 0.1) is 27.5 Å². The number of nitrogens with zero attached hydrogens (tertiary/aromatic N) is 1. The SMILES string of the molecule is CCOC(=O)c1c[nH]c2c(Cl)cc([N+](=O)[O-])cc2c1=O. The minimum absolute atomic E-state index is 0.0294. The molecule has 0 aliphatic heterocycles. The molecule has 0 unspecified atom stereocenters. The second-order valence-electron chi connectivity index (χ2n) is 3.86. The van der Waals surface area contributed by atoms with Crippen molar-refractivity contribution in [3.8, 4) is 0 Å². The van der Waals surface area contributed by atoms with Gasteiger partial charge in [-0.3, -0.25) is 14.9 Å². The number of hydrogen-bond acceptors (Lipinski definition) is 5. The largest absolute Gasteiger partial charge is 0.462 e. The summed E-state index contributed by atoms with van der Waals surface area (Å²) < 4.78 is 4.74. The van der Waals surface area contributed by atoms with Gasteiger partial charge in [-0.15, -0.1) is 0 Å². The Balaban J connectivity index is 2.74. The maximum atomic E-state index is 12.2. The first-order valence-electron chi connectivity index (χ1n) is 5.62. The number of rotatable bonds is 3.